The predicted octanol–water partition coefficient (Wildman–Crippen LogP) is 5.31. The average Bonchev–Trinajstić information content (AvgIpc) is 2.63. The van der Waals surface area contributed by atoms with E-state index in [1.54, 1.807) is 36.4 Å². The molecule has 0 spiro atoms. The Morgan fingerprint density at radius 2 is 1.48 bits per heavy atom. The van der Waals surface area contributed by atoms with E-state index >= 15 is 0 Å². The van der Waals surface area contributed by atoms with Crippen molar-refractivity contribution in [3.8, 4) is 29.2 Å². The minimum Gasteiger partial charge on any atom is -0.373 e. The van der Waals surface area contributed by atoms with E-state index in [1.807, 2.05) is 30.3 Å². The highest BCUT2D eigenvalue weighted by atomic mass is 32.3. The molecule has 0 aromatic heterocycles. The lowest BCUT2D eigenvalue weighted by Gasteiger charge is -2.06. The SMILES string of the molecule is C#Cc1ccc(N=[S@@](=O)(F)Oc2ccc(-c3ccccc3)cc2)cc1. The molecular formula is C20H14FNO2S. The van der Waals surface area contributed by atoms with E-state index in [-0.39, 0.29) is 11.4 Å². The first-order valence-electron chi connectivity index (χ1n) is 7.44. The van der Waals surface area contributed by atoms with Gasteiger partial charge in [0.15, 0.2) is 0 Å². The van der Waals surface area contributed by atoms with Crippen LogP contribution in [0.4, 0.5) is 9.57 Å². The molecule has 25 heavy (non-hydrogen) atoms. The van der Waals surface area contributed by atoms with Crippen molar-refractivity contribution < 1.29 is 12.3 Å². The van der Waals surface area contributed by atoms with Gasteiger partial charge in [0, 0.05) is 5.56 Å². The summed E-state index contributed by atoms with van der Waals surface area (Å²) in [4.78, 5) is 0. The van der Waals surface area contributed by atoms with E-state index in [2.05, 4.69) is 10.3 Å². The Labute approximate surface area is 146 Å². The maximum absolute atomic E-state index is 14.2. The van der Waals surface area contributed by atoms with Crippen LogP contribution in [-0.4, -0.2) is 4.21 Å². The van der Waals surface area contributed by atoms with E-state index in [0.717, 1.165) is 11.1 Å². The van der Waals surface area contributed by atoms with Crippen LogP contribution in [0.3, 0.4) is 0 Å². The fourth-order valence-corrected chi connectivity index (χ4v) is 2.97. The maximum Gasteiger partial charge on any atom is 0.382 e. The van der Waals surface area contributed by atoms with Gasteiger partial charge >= 0.3 is 10.4 Å². The third-order valence-electron chi connectivity index (χ3n) is 3.41. The molecule has 0 radical (unpaired) electrons. The molecule has 0 fully saturated rings. The minimum absolute atomic E-state index is 0.135. The molecule has 1 atom stereocenters. The van der Waals surface area contributed by atoms with Crippen molar-refractivity contribution in [2.45, 2.75) is 0 Å². The summed E-state index contributed by atoms with van der Waals surface area (Å²) in [5.74, 6) is 2.57. The molecule has 3 aromatic rings. The van der Waals surface area contributed by atoms with Gasteiger partial charge in [0.2, 0.25) is 0 Å². The summed E-state index contributed by atoms with van der Waals surface area (Å²) in [5.41, 5.74) is 2.78. The van der Waals surface area contributed by atoms with Crippen LogP contribution in [0.5, 0.6) is 5.75 Å². The Morgan fingerprint density at radius 1 is 0.880 bits per heavy atom. The Balaban J connectivity index is 1.79. The first-order valence-corrected chi connectivity index (χ1v) is 8.78. The van der Waals surface area contributed by atoms with Gasteiger partial charge in [0.1, 0.15) is 5.75 Å². The van der Waals surface area contributed by atoms with Crippen molar-refractivity contribution in [1.82, 2.24) is 0 Å². The van der Waals surface area contributed by atoms with Gasteiger partial charge in [0.25, 0.3) is 0 Å². The largest absolute Gasteiger partial charge is 0.382 e. The van der Waals surface area contributed by atoms with Gasteiger partial charge < -0.3 is 4.18 Å². The molecule has 0 aliphatic rings. The topological polar surface area (TPSA) is 38.7 Å². The quantitative estimate of drug-likeness (QED) is 0.472. The standard InChI is InChI=1S/C20H14FNO2S/c1-2-16-8-12-19(13-9-16)22-25(21,23)24-20-14-10-18(11-15-20)17-6-4-3-5-7-17/h1,3-15H/t25-/m1/s1. The van der Waals surface area contributed by atoms with Crippen LogP contribution in [0.1, 0.15) is 5.56 Å². The van der Waals surface area contributed by atoms with Gasteiger partial charge in [-0.2, -0.15) is 4.21 Å². The van der Waals surface area contributed by atoms with Gasteiger partial charge in [-0.15, -0.1) is 10.8 Å². The highest BCUT2D eigenvalue weighted by Gasteiger charge is 2.10. The number of benzene rings is 3. The highest BCUT2D eigenvalue weighted by molar-refractivity contribution is 7.84. The lowest BCUT2D eigenvalue weighted by atomic mass is 10.1. The number of nitrogens with zero attached hydrogens (tertiary/aromatic N) is 1. The van der Waals surface area contributed by atoms with E-state index < -0.39 is 10.4 Å². The second-order valence-corrected chi connectivity index (χ2v) is 6.34. The van der Waals surface area contributed by atoms with Gasteiger partial charge in [-0.3, -0.25) is 0 Å². The summed E-state index contributed by atoms with van der Waals surface area (Å²) in [6, 6.07) is 22.5. The Kier molecular flexibility index (Phi) is 4.82. The van der Waals surface area contributed by atoms with Crippen molar-refractivity contribution in [1.29, 1.82) is 0 Å². The molecule has 0 saturated heterocycles. The third-order valence-corrected chi connectivity index (χ3v) is 4.24. The maximum atomic E-state index is 14.2. The van der Waals surface area contributed by atoms with Gasteiger partial charge in [-0.05, 0) is 47.5 Å². The van der Waals surface area contributed by atoms with Crippen LogP contribution in [0.25, 0.3) is 11.1 Å². The first kappa shape index (κ1) is 16.7. The Hall–Kier alpha value is -3.10. The Morgan fingerprint density at radius 3 is 2.08 bits per heavy atom. The van der Waals surface area contributed by atoms with Gasteiger partial charge in [0.05, 0.1) is 5.69 Å². The van der Waals surface area contributed by atoms with Crippen LogP contribution in [0, 0.1) is 12.3 Å². The molecular weight excluding hydrogens is 337 g/mol. The van der Waals surface area contributed by atoms with Gasteiger partial charge in [-0.1, -0.05) is 52.3 Å². The molecule has 3 aromatic carbocycles. The lowest BCUT2D eigenvalue weighted by Crippen LogP contribution is -2.01. The highest BCUT2D eigenvalue weighted by Crippen LogP contribution is 2.24. The molecule has 0 aliphatic carbocycles. The molecule has 0 saturated carbocycles. The molecule has 0 N–H and O–H groups in total. The first-order chi connectivity index (χ1) is 12.1. The molecule has 0 unspecified atom stereocenters. The zero-order valence-corrected chi connectivity index (χ0v) is 13.9. The number of terminal acetylenes is 1. The molecule has 3 rings (SSSR count). The molecule has 0 heterocycles. The summed E-state index contributed by atoms with van der Waals surface area (Å²) in [5, 5.41) is 0. The van der Waals surface area contributed by atoms with Crippen LogP contribution >= 0.6 is 0 Å². The molecule has 5 heteroatoms. The smallest absolute Gasteiger partial charge is 0.373 e. The summed E-state index contributed by atoms with van der Waals surface area (Å²) in [6.07, 6.45) is 5.25. The van der Waals surface area contributed by atoms with Crippen molar-refractivity contribution in [2.75, 3.05) is 0 Å². The van der Waals surface area contributed by atoms with Crippen LogP contribution in [0.15, 0.2) is 83.2 Å². The fraction of sp³-hybridized carbons (Fsp3) is 0. The number of hydrogen-bond acceptors (Lipinski definition) is 3. The zero-order chi connectivity index (χ0) is 17.7. The van der Waals surface area contributed by atoms with Crippen LogP contribution < -0.4 is 4.18 Å². The minimum atomic E-state index is -4.36. The Bertz CT molecular complexity index is 1010. The number of rotatable bonds is 4. The van der Waals surface area contributed by atoms with Crippen molar-refractivity contribution in [3.05, 3.63) is 84.4 Å². The normalized spacial score (nSPS) is 12.6. The monoisotopic (exact) mass is 351 g/mol. The van der Waals surface area contributed by atoms with E-state index in [0.29, 0.717) is 5.56 Å². The van der Waals surface area contributed by atoms with Crippen molar-refractivity contribution in [2.24, 2.45) is 4.36 Å². The summed E-state index contributed by atoms with van der Waals surface area (Å²) < 4.78 is 34.5. The number of halogens is 1. The van der Waals surface area contributed by atoms with E-state index in [9.17, 15) is 8.09 Å². The average molecular weight is 351 g/mol. The van der Waals surface area contributed by atoms with Crippen LogP contribution in [-0.2, 0) is 10.4 Å². The van der Waals surface area contributed by atoms with Crippen molar-refractivity contribution in [3.63, 3.8) is 0 Å². The third kappa shape index (κ3) is 4.46. The predicted molar refractivity (Wildman–Crippen MR) is 98.2 cm³/mol. The number of hydrogen-bond donors (Lipinski definition) is 0. The van der Waals surface area contributed by atoms with E-state index in [4.69, 9.17) is 10.6 Å². The van der Waals surface area contributed by atoms with Crippen LogP contribution in [0.2, 0.25) is 0 Å². The lowest BCUT2D eigenvalue weighted by molar-refractivity contribution is 0.505. The fourth-order valence-electron chi connectivity index (χ4n) is 2.22. The zero-order valence-electron chi connectivity index (χ0n) is 13.1. The van der Waals surface area contributed by atoms with Crippen molar-refractivity contribution >= 4 is 16.1 Å². The second kappa shape index (κ2) is 7.20. The second-order valence-electron chi connectivity index (χ2n) is 5.17. The molecule has 3 nitrogen and oxygen atoms in total. The van der Waals surface area contributed by atoms with E-state index in [1.165, 1.54) is 12.1 Å². The molecule has 0 aliphatic heterocycles. The summed E-state index contributed by atoms with van der Waals surface area (Å²) in [6.45, 7) is 0. The van der Waals surface area contributed by atoms with Gasteiger partial charge in [-0.25, -0.2) is 0 Å². The summed E-state index contributed by atoms with van der Waals surface area (Å²) >= 11 is 0. The molecule has 124 valence electrons. The molecule has 0 bridgehead atoms. The summed E-state index contributed by atoms with van der Waals surface area (Å²) in [7, 11) is -4.36. The molecule has 0 amide bonds.